The molecule has 126 valence electrons. The summed E-state index contributed by atoms with van der Waals surface area (Å²) in [4.78, 5) is 11.8. The highest BCUT2D eigenvalue weighted by atomic mass is 16.6. The molecule has 5 heteroatoms. The summed E-state index contributed by atoms with van der Waals surface area (Å²) in [7, 11) is 0. The van der Waals surface area contributed by atoms with Gasteiger partial charge in [0.25, 0.3) is 0 Å². The number of anilines is 1. The van der Waals surface area contributed by atoms with Gasteiger partial charge in [0, 0.05) is 12.2 Å². The highest BCUT2D eigenvalue weighted by Crippen LogP contribution is 2.34. The maximum atomic E-state index is 11.8. The Hall–Kier alpha value is -2.53. The zero-order valence-corrected chi connectivity index (χ0v) is 13.7. The Balaban J connectivity index is 1.61. The van der Waals surface area contributed by atoms with Crippen LogP contribution in [0.4, 0.5) is 5.69 Å². The number of hydrazine groups is 1. The molecular weight excluding hydrogens is 304 g/mol. The molecule has 2 aromatic carbocycles. The van der Waals surface area contributed by atoms with E-state index >= 15 is 0 Å². The normalized spacial score (nSPS) is 13.4. The number of nitrogens with one attached hydrogen (secondary N) is 2. The van der Waals surface area contributed by atoms with Crippen molar-refractivity contribution < 1.29 is 14.3 Å². The smallest absolute Gasteiger partial charge is 0.314 e. The van der Waals surface area contributed by atoms with Gasteiger partial charge in [0.2, 0.25) is 0 Å². The Morgan fingerprint density at radius 3 is 2.62 bits per heavy atom. The summed E-state index contributed by atoms with van der Waals surface area (Å²) in [6.07, 6.45) is 1.85. The SMILES string of the molecule is CCOc1cc(CNNc2ccccc2)ccc1OC(=O)C1CC1. The maximum Gasteiger partial charge on any atom is 0.314 e. The van der Waals surface area contributed by atoms with Crippen LogP contribution in [-0.2, 0) is 11.3 Å². The van der Waals surface area contributed by atoms with Crippen LogP contribution in [0.1, 0.15) is 25.3 Å². The molecule has 5 nitrogen and oxygen atoms in total. The lowest BCUT2D eigenvalue weighted by Gasteiger charge is -2.13. The Morgan fingerprint density at radius 2 is 1.92 bits per heavy atom. The van der Waals surface area contributed by atoms with Gasteiger partial charge in [-0.05, 0) is 49.6 Å². The summed E-state index contributed by atoms with van der Waals surface area (Å²) < 4.78 is 11.1. The van der Waals surface area contributed by atoms with Crippen molar-refractivity contribution in [3.05, 3.63) is 54.1 Å². The van der Waals surface area contributed by atoms with Crippen LogP contribution in [0.25, 0.3) is 0 Å². The second-order valence-corrected chi connectivity index (χ2v) is 5.75. The molecule has 3 rings (SSSR count). The third-order valence-electron chi connectivity index (χ3n) is 3.73. The van der Waals surface area contributed by atoms with Gasteiger partial charge in [-0.2, -0.15) is 0 Å². The second-order valence-electron chi connectivity index (χ2n) is 5.75. The van der Waals surface area contributed by atoms with Crippen molar-refractivity contribution in [2.24, 2.45) is 5.92 Å². The van der Waals surface area contributed by atoms with Crippen molar-refractivity contribution in [2.45, 2.75) is 26.3 Å². The van der Waals surface area contributed by atoms with Crippen molar-refractivity contribution >= 4 is 11.7 Å². The molecule has 0 saturated heterocycles. The highest BCUT2D eigenvalue weighted by molar-refractivity contribution is 5.78. The molecule has 0 bridgehead atoms. The number of esters is 1. The van der Waals surface area contributed by atoms with Crippen LogP contribution in [0.2, 0.25) is 0 Å². The monoisotopic (exact) mass is 326 g/mol. The zero-order chi connectivity index (χ0) is 16.8. The van der Waals surface area contributed by atoms with Crippen molar-refractivity contribution in [3.63, 3.8) is 0 Å². The van der Waals surface area contributed by atoms with E-state index in [1.54, 1.807) is 6.07 Å². The Kier molecular flexibility index (Phi) is 5.33. The lowest BCUT2D eigenvalue weighted by molar-refractivity contribution is -0.135. The van der Waals surface area contributed by atoms with Crippen LogP contribution in [0.5, 0.6) is 11.5 Å². The molecule has 0 amide bonds. The van der Waals surface area contributed by atoms with Crippen LogP contribution in [0, 0.1) is 5.92 Å². The van der Waals surface area contributed by atoms with E-state index in [2.05, 4.69) is 10.9 Å². The molecule has 0 spiro atoms. The van der Waals surface area contributed by atoms with Crippen LogP contribution in [-0.4, -0.2) is 12.6 Å². The molecule has 2 aromatic rings. The first-order chi connectivity index (χ1) is 11.8. The van der Waals surface area contributed by atoms with E-state index < -0.39 is 0 Å². The van der Waals surface area contributed by atoms with Crippen LogP contribution in [0.3, 0.4) is 0 Å². The molecule has 0 aliphatic heterocycles. The fourth-order valence-corrected chi connectivity index (χ4v) is 2.30. The van der Waals surface area contributed by atoms with Gasteiger partial charge in [-0.3, -0.25) is 4.79 Å². The number of ether oxygens (including phenoxy) is 2. The van der Waals surface area contributed by atoms with E-state index in [9.17, 15) is 4.79 Å². The Bertz CT molecular complexity index is 684. The quantitative estimate of drug-likeness (QED) is 0.441. The fourth-order valence-electron chi connectivity index (χ4n) is 2.30. The predicted molar refractivity (Wildman–Crippen MR) is 92.9 cm³/mol. The third-order valence-corrected chi connectivity index (χ3v) is 3.73. The van der Waals surface area contributed by atoms with Crippen molar-refractivity contribution in [1.29, 1.82) is 0 Å². The number of rotatable bonds is 8. The van der Waals surface area contributed by atoms with Gasteiger partial charge < -0.3 is 14.9 Å². The average molecular weight is 326 g/mol. The first kappa shape index (κ1) is 16.3. The second kappa shape index (κ2) is 7.84. The molecular formula is C19H22N2O3. The highest BCUT2D eigenvalue weighted by Gasteiger charge is 2.32. The number of hydrogen-bond donors (Lipinski definition) is 2. The fraction of sp³-hybridized carbons (Fsp3) is 0.316. The third kappa shape index (κ3) is 4.49. The average Bonchev–Trinajstić information content (AvgIpc) is 3.43. The number of para-hydroxylation sites is 1. The largest absolute Gasteiger partial charge is 0.490 e. The van der Waals surface area contributed by atoms with Gasteiger partial charge in [0.1, 0.15) is 0 Å². The predicted octanol–water partition coefficient (Wildman–Crippen LogP) is 3.52. The molecule has 1 fully saturated rings. The summed E-state index contributed by atoms with van der Waals surface area (Å²) in [5.74, 6) is 1.00. The molecule has 0 radical (unpaired) electrons. The minimum atomic E-state index is -0.160. The van der Waals surface area contributed by atoms with Crippen LogP contribution in [0.15, 0.2) is 48.5 Å². The molecule has 1 saturated carbocycles. The molecule has 1 aliphatic rings. The maximum absolute atomic E-state index is 11.8. The van der Waals surface area contributed by atoms with Gasteiger partial charge in [0.05, 0.1) is 12.5 Å². The van der Waals surface area contributed by atoms with Gasteiger partial charge in [-0.15, -0.1) is 0 Å². The molecule has 0 unspecified atom stereocenters. The lowest BCUT2D eigenvalue weighted by atomic mass is 10.2. The molecule has 2 N–H and O–H groups in total. The van der Waals surface area contributed by atoms with E-state index in [1.807, 2.05) is 49.4 Å². The Labute approximate surface area is 141 Å². The van der Waals surface area contributed by atoms with E-state index in [-0.39, 0.29) is 11.9 Å². The van der Waals surface area contributed by atoms with Crippen LogP contribution >= 0.6 is 0 Å². The first-order valence-corrected chi connectivity index (χ1v) is 8.27. The Morgan fingerprint density at radius 1 is 1.12 bits per heavy atom. The first-order valence-electron chi connectivity index (χ1n) is 8.27. The minimum Gasteiger partial charge on any atom is -0.490 e. The zero-order valence-electron chi connectivity index (χ0n) is 13.7. The summed E-state index contributed by atoms with van der Waals surface area (Å²) in [6, 6.07) is 15.5. The summed E-state index contributed by atoms with van der Waals surface area (Å²) in [5.41, 5.74) is 8.33. The van der Waals surface area contributed by atoms with E-state index in [0.717, 1.165) is 24.1 Å². The number of hydrogen-bond acceptors (Lipinski definition) is 5. The van der Waals surface area contributed by atoms with Crippen molar-refractivity contribution in [1.82, 2.24) is 5.43 Å². The van der Waals surface area contributed by atoms with E-state index in [4.69, 9.17) is 9.47 Å². The number of carbonyl (C=O) groups excluding carboxylic acids is 1. The molecule has 24 heavy (non-hydrogen) atoms. The minimum absolute atomic E-state index is 0.0656. The number of benzene rings is 2. The van der Waals surface area contributed by atoms with Gasteiger partial charge in [0.15, 0.2) is 11.5 Å². The molecule has 0 atom stereocenters. The topological polar surface area (TPSA) is 59.6 Å². The van der Waals surface area contributed by atoms with E-state index in [1.165, 1.54) is 0 Å². The lowest BCUT2D eigenvalue weighted by Crippen LogP contribution is -2.20. The summed E-state index contributed by atoms with van der Waals surface area (Å²) >= 11 is 0. The molecule has 0 heterocycles. The van der Waals surface area contributed by atoms with Crippen molar-refractivity contribution in [3.8, 4) is 11.5 Å². The van der Waals surface area contributed by atoms with Gasteiger partial charge in [-0.25, -0.2) is 5.43 Å². The number of carbonyl (C=O) groups is 1. The van der Waals surface area contributed by atoms with Gasteiger partial charge >= 0.3 is 5.97 Å². The summed E-state index contributed by atoms with van der Waals surface area (Å²) in [6.45, 7) is 3.05. The summed E-state index contributed by atoms with van der Waals surface area (Å²) in [5, 5.41) is 0. The molecule has 1 aliphatic carbocycles. The van der Waals surface area contributed by atoms with Crippen LogP contribution < -0.4 is 20.3 Å². The standard InChI is InChI=1S/C19H22N2O3/c1-2-23-18-12-14(13-20-21-16-6-4-3-5-7-16)8-11-17(18)24-19(22)15-9-10-15/h3-8,11-12,15,20-21H,2,9-10,13H2,1H3. The van der Waals surface area contributed by atoms with Crippen molar-refractivity contribution in [2.75, 3.05) is 12.0 Å². The van der Waals surface area contributed by atoms with Gasteiger partial charge in [-0.1, -0.05) is 24.3 Å². The van der Waals surface area contributed by atoms with E-state index in [0.29, 0.717) is 24.7 Å². The molecule has 0 aromatic heterocycles.